The largest absolute Gasteiger partial charge is 0.308 e. The predicted molar refractivity (Wildman–Crippen MR) is 104 cm³/mol. The first-order valence-corrected chi connectivity index (χ1v) is 9.02. The summed E-state index contributed by atoms with van der Waals surface area (Å²) >= 11 is 1.21. The lowest BCUT2D eigenvalue weighted by Crippen LogP contribution is -2.44. The van der Waals surface area contributed by atoms with Crippen LogP contribution < -0.4 is 4.90 Å². The SMILES string of the molecule is CN(C)CCN(C(=O)CN1C(=O)CCC1=O)c1nc2c(F)cccc2s1.Cl. The van der Waals surface area contributed by atoms with E-state index in [-0.39, 0.29) is 49.1 Å². The first kappa shape index (κ1) is 21.2. The van der Waals surface area contributed by atoms with E-state index in [4.69, 9.17) is 0 Å². The minimum absolute atomic E-state index is 0. The van der Waals surface area contributed by atoms with E-state index in [9.17, 15) is 18.8 Å². The van der Waals surface area contributed by atoms with Gasteiger partial charge in [0.15, 0.2) is 5.13 Å². The summed E-state index contributed by atoms with van der Waals surface area (Å²) in [5, 5.41) is 0.357. The van der Waals surface area contributed by atoms with Crippen molar-refractivity contribution in [2.75, 3.05) is 38.6 Å². The fraction of sp³-hybridized carbons (Fsp3) is 0.412. The topological polar surface area (TPSA) is 73.8 Å². The average Bonchev–Trinajstić information content (AvgIpc) is 3.14. The molecule has 1 aliphatic heterocycles. The smallest absolute Gasteiger partial charge is 0.248 e. The van der Waals surface area contributed by atoms with Crippen LogP contribution in [0.3, 0.4) is 0 Å². The van der Waals surface area contributed by atoms with Crippen LogP contribution in [0.2, 0.25) is 0 Å². The zero-order valence-corrected chi connectivity index (χ0v) is 16.6. The Hall–Kier alpha value is -2.10. The molecule has 27 heavy (non-hydrogen) atoms. The first-order valence-electron chi connectivity index (χ1n) is 8.20. The Morgan fingerprint density at radius 3 is 2.48 bits per heavy atom. The standard InChI is InChI=1S/C17H19FN4O3S.ClH/c1-20(2)8-9-21(15(25)10-22-13(23)6-7-14(22)24)17-19-16-11(18)4-3-5-12(16)26-17;/h3-5H,6-10H2,1-2H3;1H. The molecule has 0 atom stereocenters. The highest BCUT2D eigenvalue weighted by Gasteiger charge is 2.32. The van der Waals surface area contributed by atoms with E-state index < -0.39 is 11.7 Å². The normalized spacial score (nSPS) is 14.1. The summed E-state index contributed by atoms with van der Waals surface area (Å²) in [5.41, 5.74) is 0.212. The van der Waals surface area contributed by atoms with E-state index in [0.29, 0.717) is 22.9 Å². The second-order valence-corrected chi connectivity index (χ2v) is 7.31. The third kappa shape index (κ3) is 4.60. The molecule has 1 aromatic heterocycles. The maximum Gasteiger partial charge on any atom is 0.248 e. The molecule has 0 bridgehead atoms. The van der Waals surface area contributed by atoms with Crippen LogP contribution in [0.5, 0.6) is 0 Å². The highest BCUT2D eigenvalue weighted by Crippen LogP contribution is 2.30. The van der Waals surface area contributed by atoms with E-state index in [0.717, 1.165) is 4.90 Å². The molecule has 7 nitrogen and oxygen atoms in total. The molecule has 3 rings (SSSR count). The van der Waals surface area contributed by atoms with Gasteiger partial charge in [-0.25, -0.2) is 9.37 Å². The van der Waals surface area contributed by atoms with Crippen molar-refractivity contribution >= 4 is 56.8 Å². The number of para-hydroxylation sites is 1. The number of aromatic nitrogens is 1. The summed E-state index contributed by atoms with van der Waals surface area (Å²) in [6.45, 7) is 0.568. The third-order valence-electron chi connectivity index (χ3n) is 4.11. The van der Waals surface area contributed by atoms with Crippen LogP contribution >= 0.6 is 23.7 Å². The van der Waals surface area contributed by atoms with Crippen LogP contribution in [0.1, 0.15) is 12.8 Å². The van der Waals surface area contributed by atoms with Crippen LogP contribution in [0.25, 0.3) is 10.2 Å². The molecule has 1 aromatic carbocycles. The van der Waals surface area contributed by atoms with Gasteiger partial charge in [-0.2, -0.15) is 0 Å². The number of amides is 3. The van der Waals surface area contributed by atoms with Gasteiger partial charge in [-0.3, -0.25) is 24.2 Å². The lowest BCUT2D eigenvalue weighted by molar-refractivity contribution is -0.141. The molecule has 1 saturated heterocycles. The number of likely N-dealkylation sites (N-methyl/N-ethyl adjacent to an activating group) is 1. The number of halogens is 2. The molecule has 0 N–H and O–H groups in total. The number of thiazole rings is 1. The van der Waals surface area contributed by atoms with Gasteiger partial charge >= 0.3 is 0 Å². The Labute approximate surface area is 166 Å². The maximum absolute atomic E-state index is 13.9. The molecule has 0 spiro atoms. The molecule has 146 valence electrons. The summed E-state index contributed by atoms with van der Waals surface area (Å²) in [6, 6.07) is 4.65. The minimum atomic E-state index is -0.449. The van der Waals surface area contributed by atoms with Crippen molar-refractivity contribution < 1.29 is 18.8 Å². The second kappa shape index (κ2) is 8.73. The maximum atomic E-state index is 13.9. The lowest BCUT2D eigenvalue weighted by atomic mass is 10.3. The van der Waals surface area contributed by atoms with Crippen molar-refractivity contribution in [3.63, 3.8) is 0 Å². The molecule has 1 fully saturated rings. The van der Waals surface area contributed by atoms with Gasteiger partial charge < -0.3 is 4.90 Å². The van der Waals surface area contributed by atoms with Crippen LogP contribution in [0, 0.1) is 5.82 Å². The van der Waals surface area contributed by atoms with Gasteiger partial charge in [-0.1, -0.05) is 17.4 Å². The van der Waals surface area contributed by atoms with Gasteiger partial charge in [0.2, 0.25) is 17.7 Å². The number of imide groups is 1. The van der Waals surface area contributed by atoms with E-state index in [1.165, 1.54) is 22.3 Å². The first-order chi connectivity index (χ1) is 12.4. The van der Waals surface area contributed by atoms with Crippen molar-refractivity contribution in [3.05, 3.63) is 24.0 Å². The molecule has 3 amide bonds. The molecule has 0 unspecified atom stereocenters. The quantitative estimate of drug-likeness (QED) is 0.675. The molecule has 2 heterocycles. The van der Waals surface area contributed by atoms with E-state index >= 15 is 0 Å². The number of benzene rings is 1. The van der Waals surface area contributed by atoms with Crippen molar-refractivity contribution in [2.24, 2.45) is 0 Å². The molecule has 10 heteroatoms. The van der Waals surface area contributed by atoms with E-state index in [1.807, 2.05) is 19.0 Å². The Morgan fingerprint density at radius 1 is 1.22 bits per heavy atom. The van der Waals surface area contributed by atoms with E-state index in [1.54, 1.807) is 12.1 Å². The Kier molecular flexibility index (Phi) is 6.85. The zero-order valence-electron chi connectivity index (χ0n) is 15.0. The highest BCUT2D eigenvalue weighted by molar-refractivity contribution is 7.22. The summed E-state index contributed by atoms with van der Waals surface area (Å²) in [4.78, 5) is 45.0. The van der Waals surface area contributed by atoms with Crippen molar-refractivity contribution in [1.82, 2.24) is 14.8 Å². The number of hydrogen-bond acceptors (Lipinski definition) is 6. The fourth-order valence-electron chi connectivity index (χ4n) is 2.67. The van der Waals surface area contributed by atoms with Gasteiger partial charge in [-0.05, 0) is 26.2 Å². The van der Waals surface area contributed by atoms with Crippen LogP contribution in [0.15, 0.2) is 18.2 Å². The van der Waals surface area contributed by atoms with Crippen LogP contribution in [0.4, 0.5) is 9.52 Å². The number of anilines is 1. The molecular weight excluding hydrogens is 395 g/mol. The van der Waals surface area contributed by atoms with Gasteiger partial charge in [0.05, 0.1) is 4.70 Å². The van der Waals surface area contributed by atoms with Crippen LogP contribution in [-0.2, 0) is 14.4 Å². The Bertz CT molecular complexity index is 857. The van der Waals surface area contributed by atoms with Gasteiger partial charge in [0.1, 0.15) is 17.9 Å². The zero-order chi connectivity index (χ0) is 18.8. The van der Waals surface area contributed by atoms with Crippen molar-refractivity contribution in [1.29, 1.82) is 0 Å². The molecule has 0 saturated carbocycles. The van der Waals surface area contributed by atoms with Crippen LogP contribution in [-0.4, -0.2) is 66.2 Å². The molecule has 0 aliphatic carbocycles. The highest BCUT2D eigenvalue weighted by atomic mass is 35.5. The number of carbonyl (C=O) groups excluding carboxylic acids is 3. The summed E-state index contributed by atoms with van der Waals surface area (Å²) in [7, 11) is 3.74. The number of rotatable bonds is 6. The number of likely N-dealkylation sites (tertiary alicyclic amines) is 1. The van der Waals surface area contributed by atoms with Gasteiger partial charge in [0.25, 0.3) is 0 Å². The second-order valence-electron chi connectivity index (χ2n) is 6.31. The number of nitrogens with zero attached hydrogens (tertiary/aromatic N) is 4. The number of fused-ring (bicyclic) bond motifs is 1. The molecular formula is C17H20ClFN4O3S. The lowest BCUT2D eigenvalue weighted by Gasteiger charge is -2.24. The average molecular weight is 415 g/mol. The van der Waals surface area contributed by atoms with Gasteiger partial charge in [-0.15, -0.1) is 12.4 Å². The van der Waals surface area contributed by atoms with Crippen molar-refractivity contribution in [2.45, 2.75) is 12.8 Å². The molecule has 0 radical (unpaired) electrons. The third-order valence-corrected chi connectivity index (χ3v) is 5.15. The summed E-state index contributed by atoms with van der Waals surface area (Å²) in [6.07, 6.45) is 0.270. The number of carbonyl (C=O) groups is 3. The summed E-state index contributed by atoms with van der Waals surface area (Å²) in [5.74, 6) is -1.54. The number of hydrogen-bond donors (Lipinski definition) is 0. The Balaban J connectivity index is 0.00000261. The predicted octanol–water partition coefficient (Wildman–Crippen LogP) is 1.90. The monoisotopic (exact) mass is 414 g/mol. The van der Waals surface area contributed by atoms with E-state index in [2.05, 4.69) is 4.98 Å². The van der Waals surface area contributed by atoms with Gasteiger partial charge in [0, 0.05) is 25.9 Å². The molecule has 1 aliphatic rings. The Morgan fingerprint density at radius 2 is 1.89 bits per heavy atom. The molecule has 2 aromatic rings. The van der Waals surface area contributed by atoms with Crippen molar-refractivity contribution in [3.8, 4) is 0 Å². The summed E-state index contributed by atoms with van der Waals surface area (Å²) < 4.78 is 14.6. The minimum Gasteiger partial charge on any atom is -0.308 e. The fourth-order valence-corrected chi connectivity index (χ4v) is 3.69.